The average Bonchev–Trinajstić information content (AvgIpc) is 2.88. The summed E-state index contributed by atoms with van der Waals surface area (Å²) in [6, 6.07) is 6.71. The smallest absolute Gasteiger partial charge is 0.124 e. The van der Waals surface area contributed by atoms with Gasteiger partial charge in [0.1, 0.15) is 5.75 Å². The van der Waals surface area contributed by atoms with Crippen molar-refractivity contribution < 1.29 is 9.47 Å². The molecule has 1 aromatic carbocycles. The van der Waals surface area contributed by atoms with Gasteiger partial charge < -0.3 is 14.8 Å². The first-order valence-corrected chi connectivity index (χ1v) is 6.69. The minimum atomic E-state index is 0.306. The first-order valence-electron chi connectivity index (χ1n) is 6.69. The highest BCUT2D eigenvalue weighted by atomic mass is 16.5. The van der Waals surface area contributed by atoms with E-state index in [2.05, 4.69) is 37.4 Å². The summed E-state index contributed by atoms with van der Waals surface area (Å²) in [6.45, 7) is 6.72. The second kappa shape index (κ2) is 6.21. The minimum Gasteiger partial charge on any atom is -0.493 e. The van der Waals surface area contributed by atoms with Crippen molar-refractivity contribution in [3.05, 3.63) is 29.3 Å². The van der Waals surface area contributed by atoms with Gasteiger partial charge >= 0.3 is 0 Å². The van der Waals surface area contributed by atoms with Crippen LogP contribution in [0.5, 0.6) is 5.75 Å². The Kier molecular flexibility index (Phi) is 4.61. The lowest BCUT2D eigenvalue weighted by Crippen LogP contribution is -2.16. The molecule has 3 nitrogen and oxygen atoms in total. The molecule has 1 fully saturated rings. The first kappa shape index (κ1) is 13.4. The van der Waals surface area contributed by atoms with Crippen LogP contribution in [0.15, 0.2) is 18.2 Å². The Morgan fingerprint density at radius 1 is 1.50 bits per heavy atom. The molecule has 2 unspecified atom stereocenters. The zero-order valence-electron chi connectivity index (χ0n) is 11.5. The number of hydrogen-bond donors (Lipinski definition) is 1. The van der Waals surface area contributed by atoms with Crippen molar-refractivity contribution in [3.8, 4) is 5.75 Å². The number of benzene rings is 1. The summed E-state index contributed by atoms with van der Waals surface area (Å²) in [5, 5.41) is 3.26. The Hall–Kier alpha value is -1.06. The van der Waals surface area contributed by atoms with Crippen molar-refractivity contribution in [2.45, 2.75) is 26.3 Å². The normalized spacial score (nSPS) is 20.9. The van der Waals surface area contributed by atoms with Gasteiger partial charge in [0.25, 0.3) is 0 Å². The third-order valence-corrected chi connectivity index (χ3v) is 3.57. The van der Waals surface area contributed by atoms with Crippen LogP contribution in [0.4, 0.5) is 0 Å². The largest absolute Gasteiger partial charge is 0.493 e. The summed E-state index contributed by atoms with van der Waals surface area (Å²) in [4.78, 5) is 0. The quantitative estimate of drug-likeness (QED) is 0.870. The zero-order chi connectivity index (χ0) is 13.0. The molecule has 2 atom stereocenters. The van der Waals surface area contributed by atoms with E-state index >= 15 is 0 Å². The summed E-state index contributed by atoms with van der Waals surface area (Å²) in [5.41, 5.74) is 2.46. The molecule has 0 radical (unpaired) electrons. The summed E-state index contributed by atoms with van der Waals surface area (Å²) >= 11 is 0. The van der Waals surface area contributed by atoms with Gasteiger partial charge in [0, 0.05) is 24.1 Å². The lowest BCUT2D eigenvalue weighted by atomic mass is 10.0. The van der Waals surface area contributed by atoms with Crippen molar-refractivity contribution >= 4 is 0 Å². The lowest BCUT2D eigenvalue weighted by molar-refractivity contribution is 0.166. The number of ether oxygens (including phenoxy) is 2. The van der Waals surface area contributed by atoms with Crippen LogP contribution in [0.1, 0.15) is 30.5 Å². The molecule has 3 heteroatoms. The molecular formula is C15H23NO2. The van der Waals surface area contributed by atoms with Crippen LogP contribution in [0.25, 0.3) is 0 Å². The Labute approximate surface area is 109 Å². The molecule has 0 amide bonds. The fourth-order valence-corrected chi connectivity index (χ4v) is 2.20. The van der Waals surface area contributed by atoms with Gasteiger partial charge in [-0.25, -0.2) is 0 Å². The molecule has 1 aromatic rings. The second-order valence-electron chi connectivity index (χ2n) is 5.09. The van der Waals surface area contributed by atoms with Crippen LogP contribution in [-0.4, -0.2) is 26.9 Å². The predicted molar refractivity (Wildman–Crippen MR) is 73.1 cm³/mol. The van der Waals surface area contributed by atoms with E-state index in [1.807, 2.05) is 7.05 Å². The first-order chi connectivity index (χ1) is 8.70. The van der Waals surface area contributed by atoms with Crippen LogP contribution in [-0.2, 0) is 4.74 Å². The van der Waals surface area contributed by atoms with Gasteiger partial charge in [0.2, 0.25) is 0 Å². The van der Waals surface area contributed by atoms with Gasteiger partial charge in [-0.3, -0.25) is 0 Å². The van der Waals surface area contributed by atoms with E-state index in [4.69, 9.17) is 9.47 Å². The number of aryl methyl sites for hydroxylation is 1. The van der Waals surface area contributed by atoms with Crippen molar-refractivity contribution in [3.63, 3.8) is 0 Å². The maximum absolute atomic E-state index is 6.00. The molecule has 1 heterocycles. The van der Waals surface area contributed by atoms with E-state index in [9.17, 15) is 0 Å². The highest BCUT2D eigenvalue weighted by Gasteiger charge is 2.17. The number of nitrogens with one attached hydrogen (secondary N) is 1. The third kappa shape index (κ3) is 3.24. The van der Waals surface area contributed by atoms with Gasteiger partial charge in [-0.15, -0.1) is 0 Å². The maximum atomic E-state index is 6.00. The van der Waals surface area contributed by atoms with E-state index in [0.29, 0.717) is 12.0 Å². The number of rotatable bonds is 5. The summed E-state index contributed by atoms with van der Waals surface area (Å²) in [6.07, 6.45) is 1.11. The highest BCUT2D eigenvalue weighted by Crippen LogP contribution is 2.27. The van der Waals surface area contributed by atoms with E-state index < -0.39 is 0 Å². The Morgan fingerprint density at radius 3 is 3.00 bits per heavy atom. The van der Waals surface area contributed by atoms with Gasteiger partial charge in [-0.05, 0) is 38.9 Å². The monoisotopic (exact) mass is 249 g/mol. The average molecular weight is 249 g/mol. The van der Waals surface area contributed by atoms with Crippen molar-refractivity contribution in [2.75, 3.05) is 26.9 Å². The topological polar surface area (TPSA) is 30.5 Å². The van der Waals surface area contributed by atoms with Crippen LogP contribution in [0.2, 0.25) is 0 Å². The van der Waals surface area contributed by atoms with E-state index in [-0.39, 0.29) is 0 Å². The van der Waals surface area contributed by atoms with Gasteiger partial charge in [-0.2, -0.15) is 0 Å². The van der Waals surface area contributed by atoms with Crippen LogP contribution in [0, 0.1) is 12.8 Å². The lowest BCUT2D eigenvalue weighted by Gasteiger charge is -2.18. The van der Waals surface area contributed by atoms with Gasteiger partial charge in [0.15, 0.2) is 0 Å². The molecule has 1 N–H and O–H groups in total. The molecular weight excluding hydrogens is 226 g/mol. The molecule has 2 rings (SSSR count). The number of hydrogen-bond acceptors (Lipinski definition) is 3. The zero-order valence-corrected chi connectivity index (χ0v) is 11.5. The molecule has 1 saturated heterocycles. The standard InChI is InChI=1S/C15H23NO2/c1-11-4-5-14(12(2)16-3)15(8-11)18-10-13-6-7-17-9-13/h4-5,8,12-13,16H,6-7,9-10H2,1-3H3. The van der Waals surface area contributed by atoms with Crippen molar-refractivity contribution in [1.82, 2.24) is 5.32 Å². The Morgan fingerprint density at radius 2 is 2.33 bits per heavy atom. The molecule has 0 bridgehead atoms. The summed E-state index contributed by atoms with van der Waals surface area (Å²) < 4.78 is 11.4. The molecule has 1 aliphatic rings. The van der Waals surface area contributed by atoms with E-state index in [1.165, 1.54) is 11.1 Å². The molecule has 18 heavy (non-hydrogen) atoms. The highest BCUT2D eigenvalue weighted by molar-refractivity contribution is 5.39. The Balaban J connectivity index is 2.06. The van der Waals surface area contributed by atoms with Crippen LogP contribution in [0.3, 0.4) is 0 Å². The third-order valence-electron chi connectivity index (χ3n) is 3.57. The maximum Gasteiger partial charge on any atom is 0.124 e. The second-order valence-corrected chi connectivity index (χ2v) is 5.09. The molecule has 1 aliphatic heterocycles. The molecule has 0 aliphatic carbocycles. The molecule has 0 aromatic heterocycles. The van der Waals surface area contributed by atoms with Gasteiger partial charge in [-0.1, -0.05) is 12.1 Å². The SMILES string of the molecule is CNC(C)c1ccc(C)cc1OCC1CCOC1. The fraction of sp³-hybridized carbons (Fsp3) is 0.600. The van der Waals surface area contributed by atoms with Gasteiger partial charge in [0.05, 0.1) is 13.2 Å². The van der Waals surface area contributed by atoms with Crippen molar-refractivity contribution in [1.29, 1.82) is 0 Å². The molecule has 0 spiro atoms. The minimum absolute atomic E-state index is 0.306. The Bertz CT molecular complexity index is 386. The molecule has 0 saturated carbocycles. The predicted octanol–water partition coefficient (Wildman–Crippen LogP) is 2.69. The molecule has 100 valence electrons. The van der Waals surface area contributed by atoms with Crippen LogP contribution >= 0.6 is 0 Å². The van der Waals surface area contributed by atoms with E-state index in [0.717, 1.165) is 32.0 Å². The van der Waals surface area contributed by atoms with Crippen LogP contribution < -0.4 is 10.1 Å². The summed E-state index contributed by atoms with van der Waals surface area (Å²) in [5.74, 6) is 1.55. The summed E-state index contributed by atoms with van der Waals surface area (Å²) in [7, 11) is 1.97. The fourth-order valence-electron chi connectivity index (χ4n) is 2.20. The van der Waals surface area contributed by atoms with Crippen molar-refractivity contribution in [2.24, 2.45) is 5.92 Å². The van der Waals surface area contributed by atoms with E-state index in [1.54, 1.807) is 0 Å².